The summed E-state index contributed by atoms with van der Waals surface area (Å²) in [6.45, 7) is 4.33. The maximum atomic E-state index is 6.04. The molecule has 1 aromatic heterocycles. The van der Waals surface area contributed by atoms with Crippen LogP contribution in [0.4, 0.5) is 0 Å². The molecule has 0 aliphatic heterocycles. The molecule has 13 heavy (non-hydrogen) atoms. The number of H-pyrrole nitrogens is 1. The highest BCUT2D eigenvalue weighted by atomic mass is 35.5. The number of halogens is 1. The lowest BCUT2D eigenvalue weighted by Gasteiger charge is -1.98. The van der Waals surface area contributed by atoms with Crippen LogP contribution < -0.4 is 0 Å². The molecule has 0 bridgehead atoms. The van der Waals surface area contributed by atoms with Crippen LogP contribution in [0.5, 0.6) is 0 Å². The molecule has 68 valence electrons. The van der Waals surface area contributed by atoms with Crippen molar-refractivity contribution in [2.75, 3.05) is 0 Å². The van der Waals surface area contributed by atoms with Crippen molar-refractivity contribution in [3.8, 4) is 0 Å². The number of benzene rings is 1. The number of fused-ring (bicyclic) bond motifs is 1. The minimum Gasteiger partial charge on any atom is -0.357 e. The number of para-hydroxylation sites is 1. The number of rotatable bonds is 1. The van der Waals surface area contributed by atoms with Crippen molar-refractivity contribution in [1.29, 1.82) is 0 Å². The smallest absolute Gasteiger partial charge is 0.0647 e. The molecule has 1 heterocycles. The lowest BCUT2D eigenvalue weighted by Crippen LogP contribution is -1.84. The van der Waals surface area contributed by atoms with Crippen molar-refractivity contribution in [1.82, 2.24) is 4.98 Å². The van der Waals surface area contributed by atoms with Crippen molar-refractivity contribution < 1.29 is 0 Å². The predicted molar refractivity (Wildman–Crippen MR) is 57.4 cm³/mol. The minimum atomic E-state index is 0.517. The molecule has 1 nitrogen and oxygen atoms in total. The van der Waals surface area contributed by atoms with Gasteiger partial charge in [0.1, 0.15) is 0 Å². The second kappa shape index (κ2) is 3.08. The lowest BCUT2D eigenvalue weighted by molar-refractivity contribution is 0.836. The first-order valence-corrected chi connectivity index (χ1v) is 4.83. The van der Waals surface area contributed by atoms with E-state index in [1.54, 1.807) is 0 Å². The van der Waals surface area contributed by atoms with E-state index >= 15 is 0 Å². The van der Waals surface area contributed by atoms with Crippen molar-refractivity contribution in [2.24, 2.45) is 0 Å². The standard InChI is InChI=1S/C11H12ClN/c1-7(2)10-6-8-4-3-5-9(12)11(8)13-10/h3-7,13H,1-2H3. The van der Waals surface area contributed by atoms with E-state index in [2.05, 4.69) is 31.0 Å². The van der Waals surface area contributed by atoms with Crippen molar-refractivity contribution in [2.45, 2.75) is 19.8 Å². The molecule has 0 saturated heterocycles. The van der Waals surface area contributed by atoms with Gasteiger partial charge in [-0.05, 0) is 18.1 Å². The average molecular weight is 194 g/mol. The van der Waals surface area contributed by atoms with Crippen LogP contribution in [0.2, 0.25) is 5.02 Å². The van der Waals surface area contributed by atoms with E-state index in [1.807, 2.05) is 12.1 Å². The summed E-state index contributed by atoms with van der Waals surface area (Å²) < 4.78 is 0. The van der Waals surface area contributed by atoms with Crippen LogP contribution in [0.3, 0.4) is 0 Å². The second-order valence-corrected chi connectivity index (χ2v) is 3.99. The number of aromatic amines is 1. The fourth-order valence-electron chi connectivity index (χ4n) is 1.45. The van der Waals surface area contributed by atoms with Gasteiger partial charge in [-0.2, -0.15) is 0 Å². The van der Waals surface area contributed by atoms with Gasteiger partial charge in [-0.25, -0.2) is 0 Å². The highest BCUT2D eigenvalue weighted by molar-refractivity contribution is 6.35. The Hall–Kier alpha value is -0.950. The average Bonchev–Trinajstić information content (AvgIpc) is 2.49. The fourth-order valence-corrected chi connectivity index (χ4v) is 1.68. The molecule has 0 amide bonds. The number of nitrogens with one attached hydrogen (secondary N) is 1. The van der Waals surface area contributed by atoms with Crippen LogP contribution in [0.15, 0.2) is 24.3 Å². The first-order chi connectivity index (χ1) is 6.18. The van der Waals surface area contributed by atoms with Crippen molar-refractivity contribution >= 4 is 22.5 Å². The highest BCUT2D eigenvalue weighted by Crippen LogP contribution is 2.26. The van der Waals surface area contributed by atoms with Crippen LogP contribution in [-0.2, 0) is 0 Å². The van der Waals surface area contributed by atoms with E-state index in [0.717, 1.165) is 10.5 Å². The molecule has 1 aromatic carbocycles. The van der Waals surface area contributed by atoms with Crippen LogP contribution in [0.25, 0.3) is 10.9 Å². The zero-order chi connectivity index (χ0) is 9.42. The highest BCUT2D eigenvalue weighted by Gasteiger charge is 2.05. The topological polar surface area (TPSA) is 15.8 Å². The van der Waals surface area contributed by atoms with Crippen LogP contribution in [0.1, 0.15) is 25.5 Å². The maximum absolute atomic E-state index is 6.04. The lowest BCUT2D eigenvalue weighted by atomic mass is 10.1. The third-order valence-corrected chi connectivity index (χ3v) is 2.56. The first kappa shape index (κ1) is 8.64. The van der Waals surface area contributed by atoms with Crippen LogP contribution >= 0.6 is 11.6 Å². The van der Waals surface area contributed by atoms with Gasteiger partial charge < -0.3 is 4.98 Å². The first-order valence-electron chi connectivity index (χ1n) is 4.45. The fraction of sp³-hybridized carbons (Fsp3) is 0.273. The Bertz CT molecular complexity index is 429. The van der Waals surface area contributed by atoms with Crippen LogP contribution in [0, 0.1) is 0 Å². The third-order valence-electron chi connectivity index (χ3n) is 2.25. The largest absolute Gasteiger partial charge is 0.357 e. The van der Waals surface area contributed by atoms with Gasteiger partial charge in [0.2, 0.25) is 0 Å². The Kier molecular flexibility index (Phi) is 2.04. The van der Waals surface area contributed by atoms with E-state index in [0.29, 0.717) is 5.92 Å². The molecule has 0 saturated carbocycles. The number of hydrogen-bond donors (Lipinski definition) is 1. The summed E-state index contributed by atoms with van der Waals surface area (Å²) >= 11 is 6.04. The zero-order valence-electron chi connectivity index (χ0n) is 7.76. The van der Waals surface area contributed by atoms with E-state index in [1.165, 1.54) is 11.1 Å². The molecule has 0 atom stereocenters. The molecule has 2 aromatic rings. The molecule has 0 unspecified atom stereocenters. The van der Waals surface area contributed by atoms with E-state index in [-0.39, 0.29) is 0 Å². The van der Waals surface area contributed by atoms with Crippen molar-refractivity contribution in [3.05, 3.63) is 35.0 Å². The van der Waals surface area contributed by atoms with Gasteiger partial charge in [-0.15, -0.1) is 0 Å². The van der Waals surface area contributed by atoms with E-state index < -0.39 is 0 Å². The molecule has 0 radical (unpaired) electrons. The van der Waals surface area contributed by atoms with Gasteiger partial charge >= 0.3 is 0 Å². The van der Waals surface area contributed by atoms with Gasteiger partial charge in [0.25, 0.3) is 0 Å². The van der Waals surface area contributed by atoms with E-state index in [4.69, 9.17) is 11.6 Å². The summed E-state index contributed by atoms with van der Waals surface area (Å²) in [4.78, 5) is 3.33. The normalized spacial score (nSPS) is 11.4. The monoisotopic (exact) mass is 193 g/mol. The van der Waals surface area contributed by atoms with Gasteiger partial charge in [0.15, 0.2) is 0 Å². The summed E-state index contributed by atoms with van der Waals surface area (Å²) in [5.41, 5.74) is 2.29. The Morgan fingerprint density at radius 2 is 2.08 bits per heavy atom. The molecular weight excluding hydrogens is 182 g/mol. The quantitative estimate of drug-likeness (QED) is 0.706. The Morgan fingerprint density at radius 3 is 2.69 bits per heavy atom. The Balaban J connectivity index is 2.68. The predicted octanol–water partition coefficient (Wildman–Crippen LogP) is 3.94. The number of hydrogen-bond acceptors (Lipinski definition) is 0. The zero-order valence-corrected chi connectivity index (χ0v) is 8.52. The summed E-state index contributed by atoms with van der Waals surface area (Å²) in [7, 11) is 0. The summed E-state index contributed by atoms with van der Waals surface area (Å²) in [5.74, 6) is 0.517. The van der Waals surface area contributed by atoms with Crippen molar-refractivity contribution in [3.63, 3.8) is 0 Å². The maximum Gasteiger partial charge on any atom is 0.0647 e. The summed E-state index contributed by atoms with van der Waals surface area (Å²) in [6.07, 6.45) is 0. The summed E-state index contributed by atoms with van der Waals surface area (Å²) in [5, 5.41) is 1.99. The molecule has 0 aliphatic rings. The van der Waals surface area contributed by atoms with Gasteiger partial charge in [-0.1, -0.05) is 37.6 Å². The Morgan fingerprint density at radius 1 is 1.31 bits per heavy atom. The molecule has 0 fully saturated rings. The van der Waals surface area contributed by atoms with Gasteiger partial charge in [0.05, 0.1) is 10.5 Å². The molecule has 0 aliphatic carbocycles. The molecule has 0 spiro atoms. The van der Waals surface area contributed by atoms with Gasteiger partial charge in [-0.3, -0.25) is 0 Å². The molecule has 2 rings (SSSR count). The second-order valence-electron chi connectivity index (χ2n) is 3.58. The van der Waals surface area contributed by atoms with E-state index in [9.17, 15) is 0 Å². The molecule has 2 heteroatoms. The molecular formula is C11H12ClN. The minimum absolute atomic E-state index is 0.517. The third kappa shape index (κ3) is 1.44. The van der Waals surface area contributed by atoms with Gasteiger partial charge in [0, 0.05) is 11.1 Å². The molecule has 1 N–H and O–H groups in total. The summed E-state index contributed by atoms with van der Waals surface area (Å²) in [6, 6.07) is 8.11. The SMILES string of the molecule is CC(C)c1cc2cccc(Cl)c2[nH]1. The van der Waals surface area contributed by atoms with Crippen LogP contribution in [-0.4, -0.2) is 4.98 Å². The Labute approximate surface area is 82.7 Å². The number of aromatic nitrogens is 1.